The molecule has 1 saturated carbocycles. The zero-order valence-electron chi connectivity index (χ0n) is 19.4. The maximum atomic E-state index is 13.7. The van der Waals surface area contributed by atoms with Crippen LogP contribution in [0.1, 0.15) is 61.3 Å². The Bertz CT molecular complexity index is 1180. The van der Waals surface area contributed by atoms with Crippen molar-refractivity contribution >= 4 is 22.9 Å². The van der Waals surface area contributed by atoms with Gasteiger partial charge in [-0.2, -0.15) is 0 Å². The third-order valence-electron chi connectivity index (χ3n) is 6.97. The number of nitrogens with one attached hydrogen (secondary N) is 1. The van der Waals surface area contributed by atoms with Crippen molar-refractivity contribution < 1.29 is 9.53 Å². The van der Waals surface area contributed by atoms with Gasteiger partial charge in [0.2, 0.25) is 0 Å². The summed E-state index contributed by atoms with van der Waals surface area (Å²) in [5, 5.41) is 3.67. The number of carbonyl (C=O) groups excluding carboxylic acids is 1. The average Bonchev–Trinajstić information content (AvgIpc) is 3.01. The minimum absolute atomic E-state index is 0.127. The SMILES string of the molecule is COc1ccc(C2CC(=O)C3C(=Nc4ccccc4NC3c3ccc(C(C)C)cc3)C2)cc1. The molecule has 4 heteroatoms. The highest BCUT2D eigenvalue weighted by Crippen LogP contribution is 2.44. The van der Waals surface area contributed by atoms with Crippen molar-refractivity contribution in [1.82, 2.24) is 0 Å². The summed E-state index contributed by atoms with van der Waals surface area (Å²) < 4.78 is 5.31. The predicted molar refractivity (Wildman–Crippen MR) is 134 cm³/mol. The van der Waals surface area contributed by atoms with Gasteiger partial charge in [-0.05, 0) is 59.2 Å². The number of ether oxygens (including phenoxy) is 1. The molecule has 3 aromatic rings. The molecule has 0 radical (unpaired) electrons. The van der Waals surface area contributed by atoms with E-state index < -0.39 is 0 Å². The Morgan fingerprint density at radius 3 is 2.30 bits per heavy atom. The van der Waals surface area contributed by atoms with E-state index in [2.05, 4.69) is 61.6 Å². The zero-order valence-corrected chi connectivity index (χ0v) is 19.4. The van der Waals surface area contributed by atoms with Crippen LogP contribution >= 0.6 is 0 Å². The molecule has 168 valence electrons. The zero-order chi connectivity index (χ0) is 22.9. The van der Waals surface area contributed by atoms with Gasteiger partial charge in [0.25, 0.3) is 0 Å². The fourth-order valence-electron chi connectivity index (χ4n) is 5.08. The Labute approximate surface area is 195 Å². The summed E-state index contributed by atoms with van der Waals surface area (Å²) in [6.45, 7) is 4.40. The number of anilines is 1. The van der Waals surface area contributed by atoms with E-state index in [4.69, 9.17) is 9.73 Å². The van der Waals surface area contributed by atoms with Gasteiger partial charge in [0.15, 0.2) is 0 Å². The summed E-state index contributed by atoms with van der Waals surface area (Å²) in [6.07, 6.45) is 1.30. The number of hydrogen-bond donors (Lipinski definition) is 1. The summed E-state index contributed by atoms with van der Waals surface area (Å²) in [4.78, 5) is 18.7. The molecule has 2 aliphatic rings. The standard InChI is InChI=1S/C29H30N2O2/c1-18(2)19-8-10-21(11-9-19)29-28-26(30-24-6-4-5-7-25(24)31-29)16-22(17-27(28)32)20-12-14-23(33-3)15-13-20/h4-15,18,22,28-29,31H,16-17H2,1-3H3. The van der Waals surface area contributed by atoms with Crippen LogP contribution in [0.15, 0.2) is 77.8 Å². The third kappa shape index (κ3) is 4.18. The van der Waals surface area contributed by atoms with Crippen LogP contribution in [0.4, 0.5) is 11.4 Å². The first-order valence-corrected chi connectivity index (χ1v) is 11.7. The number of methoxy groups -OCH3 is 1. The van der Waals surface area contributed by atoms with Crippen LogP contribution in [0.2, 0.25) is 0 Å². The van der Waals surface area contributed by atoms with Gasteiger partial charge in [-0.3, -0.25) is 9.79 Å². The van der Waals surface area contributed by atoms with Crippen molar-refractivity contribution in [2.75, 3.05) is 12.4 Å². The van der Waals surface area contributed by atoms with Crippen molar-refractivity contribution in [1.29, 1.82) is 0 Å². The lowest BCUT2D eigenvalue weighted by atomic mass is 9.72. The minimum atomic E-state index is -0.267. The Morgan fingerprint density at radius 2 is 1.61 bits per heavy atom. The van der Waals surface area contributed by atoms with Gasteiger partial charge in [-0.15, -0.1) is 0 Å². The normalized spacial score (nSPS) is 22.0. The van der Waals surface area contributed by atoms with E-state index in [0.29, 0.717) is 12.3 Å². The van der Waals surface area contributed by atoms with E-state index in [0.717, 1.165) is 40.4 Å². The van der Waals surface area contributed by atoms with Gasteiger partial charge < -0.3 is 10.1 Å². The van der Waals surface area contributed by atoms with Gasteiger partial charge in [0.1, 0.15) is 11.5 Å². The highest BCUT2D eigenvalue weighted by Gasteiger charge is 2.41. The van der Waals surface area contributed by atoms with E-state index in [9.17, 15) is 4.79 Å². The van der Waals surface area contributed by atoms with Crippen LogP contribution in [0.5, 0.6) is 5.75 Å². The first kappa shape index (κ1) is 21.4. The Morgan fingerprint density at radius 1 is 0.909 bits per heavy atom. The molecule has 1 N–H and O–H groups in total. The smallest absolute Gasteiger partial charge is 0.144 e. The number of Topliss-reactive ketones (excluding diaryl/α,β-unsaturated/α-hetero) is 1. The highest BCUT2D eigenvalue weighted by atomic mass is 16.5. The monoisotopic (exact) mass is 438 g/mol. The summed E-state index contributed by atoms with van der Waals surface area (Å²) in [5.41, 5.74) is 6.45. The van der Waals surface area contributed by atoms with E-state index in [1.165, 1.54) is 5.56 Å². The topological polar surface area (TPSA) is 50.7 Å². The highest BCUT2D eigenvalue weighted by molar-refractivity contribution is 6.10. The lowest BCUT2D eigenvalue weighted by Gasteiger charge is -2.34. The number of nitrogens with zero attached hydrogens (tertiary/aromatic N) is 1. The molecule has 3 unspecified atom stereocenters. The molecule has 3 aromatic carbocycles. The average molecular weight is 439 g/mol. The lowest BCUT2D eigenvalue weighted by molar-refractivity contribution is -0.122. The summed E-state index contributed by atoms with van der Waals surface area (Å²) in [5.74, 6) is 1.41. The van der Waals surface area contributed by atoms with Crippen molar-refractivity contribution in [3.05, 3.63) is 89.5 Å². The van der Waals surface area contributed by atoms with Crippen LogP contribution in [-0.2, 0) is 4.79 Å². The fourth-order valence-corrected chi connectivity index (χ4v) is 5.08. The molecule has 3 atom stereocenters. The second-order valence-electron chi connectivity index (χ2n) is 9.39. The van der Waals surface area contributed by atoms with Gasteiger partial charge in [0.05, 0.1) is 30.4 Å². The second kappa shape index (κ2) is 8.86. The van der Waals surface area contributed by atoms with Crippen LogP contribution in [0.3, 0.4) is 0 Å². The van der Waals surface area contributed by atoms with Gasteiger partial charge in [0, 0.05) is 12.1 Å². The van der Waals surface area contributed by atoms with E-state index in [1.54, 1.807) is 7.11 Å². The summed E-state index contributed by atoms with van der Waals surface area (Å²) in [7, 11) is 1.67. The van der Waals surface area contributed by atoms with Crippen LogP contribution in [-0.4, -0.2) is 18.6 Å². The number of aliphatic imine (C=N–C) groups is 1. The van der Waals surface area contributed by atoms with Gasteiger partial charge >= 0.3 is 0 Å². The maximum absolute atomic E-state index is 13.7. The van der Waals surface area contributed by atoms with Gasteiger partial charge in [-0.1, -0.05) is 62.4 Å². The molecule has 0 saturated heterocycles. The van der Waals surface area contributed by atoms with E-state index >= 15 is 0 Å². The Kier molecular flexibility index (Phi) is 5.76. The lowest BCUT2D eigenvalue weighted by Crippen LogP contribution is -2.38. The molecule has 1 aliphatic carbocycles. The van der Waals surface area contributed by atoms with E-state index in [-0.39, 0.29) is 23.7 Å². The molecule has 1 fully saturated rings. The van der Waals surface area contributed by atoms with Crippen molar-refractivity contribution in [3.8, 4) is 5.75 Å². The number of hydrogen-bond acceptors (Lipinski definition) is 4. The fraction of sp³-hybridized carbons (Fsp3) is 0.310. The maximum Gasteiger partial charge on any atom is 0.144 e. The number of carbonyl (C=O) groups is 1. The number of ketones is 1. The largest absolute Gasteiger partial charge is 0.497 e. The molecule has 0 bridgehead atoms. The number of rotatable bonds is 4. The van der Waals surface area contributed by atoms with Gasteiger partial charge in [-0.25, -0.2) is 0 Å². The summed E-state index contributed by atoms with van der Waals surface area (Å²) in [6, 6.07) is 24.8. The molecular weight excluding hydrogens is 408 g/mol. The minimum Gasteiger partial charge on any atom is -0.497 e. The molecule has 0 spiro atoms. The molecule has 1 heterocycles. The number of fused-ring (bicyclic) bond motifs is 2. The van der Waals surface area contributed by atoms with E-state index in [1.807, 2.05) is 30.3 Å². The Balaban J connectivity index is 1.53. The number of benzene rings is 3. The quantitative estimate of drug-likeness (QED) is 0.486. The summed E-state index contributed by atoms with van der Waals surface area (Å²) >= 11 is 0. The molecule has 0 aromatic heterocycles. The third-order valence-corrected chi connectivity index (χ3v) is 6.97. The van der Waals surface area contributed by atoms with Crippen LogP contribution in [0, 0.1) is 5.92 Å². The molecule has 1 aliphatic heterocycles. The Hall–Kier alpha value is -3.40. The first-order chi connectivity index (χ1) is 16.0. The molecule has 5 rings (SSSR count). The van der Waals surface area contributed by atoms with Crippen molar-refractivity contribution in [2.45, 2.75) is 44.6 Å². The number of para-hydroxylation sites is 2. The van der Waals surface area contributed by atoms with Crippen LogP contribution in [0.25, 0.3) is 0 Å². The first-order valence-electron chi connectivity index (χ1n) is 11.7. The predicted octanol–water partition coefficient (Wildman–Crippen LogP) is 6.82. The van der Waals surface area contributed by atoms with Crippen LogP contribution < -0.4 is 10.1 Å². The molecular formula is C29H30N2O2. The molecule has 0 amide bonds. The second-order valence-corrected chi connectivity index (χ2v) is 9.39. The van der Waals surface area contributed by atoms with Crippen molar-refractivity contribution in [2.24, 2.45) is 10.9 Å². The van der Waals surface area contributed by atoms with Crippen molar-refractivity contribution in [3.63, 3.8) is 0 Å². The molecule has 33 heavy (non-hydrogen) atoms. The molecule has 4 nitrogen and oxygen atoms in total.